The van der Waals surface area contributed by atoms with Gasteiger partial charge in [0.15, 0.2) is 0 Å². The lowest BCUT2D eigenvalue weighted by atomic mass is 9.75. The number of carbonyl (C=O) groups is 2. The van der Waals surface area contributed by atoms with Crippen molar-refractivity contribution in [3.63, 3.8) is 0 Å². The van der Waals surface area contributed by atoms with Crippen molar-refractivity contribution in [1.82, 2.24) is 14.7 Å². The van der Waals surface area contributed by atoms with Crippen molar-refractivity contribution >= 4 is 11.9 Å². The van der Waals surface area contributed by atoms with Crippen LogP contribution in [0.4, 0.5) is 0 Å². The third-order valence-electron chi connectivity index (χ3n) is 4.41. The zero-order valence-corrected chi connectivity index (χ0v) is 12.9. The highest BCUT2D eigenvalue weighted by Crippen LogP contribution is 2.36. The topological polar surface area (TPSA) is 75.4 Å². The Morgan fingerprint density at radius 3 is 2.43 bits per heavy atom. The van der Waals surface area contributed by atoms with Crippen molar-refractivity contribution in [2.24, 2.45) is 12.5 Å². The van der Waals surface area contributed by atoms with E-state index in [0.717, 1.165) is 12.1 Å². The van der Waals surface area contributed by atoms with E-state index in [-0.39, 0.29) is 5.91 Å². The summed E-state index contributed by atoms with van der Waals surface area (Å²) in [7, 11) is 1.75. The van der Waals surface area contributed by atoms with Gasteiger partial charge in [0.05, 0.1) is 11.1 Å². The minimum absolute atomic E-state index is 0.0615. The van der Waals surface area contributed by atoms with E-state index in [1.165, 1.54) is 0 Å². The molecular weight excluding hydrogens is 270 g/mol. The molecule has 1 fully saturated rings. The Morgan fingerprint density at radius 1 is 1.38 bits per heavy atom. The first kappa shape index (κ1) is 15.5. The number of rotatable bonds is 4. The smallest absolute Gasteiger partial charge is 0.309 e. The zero-order chi connectivity index (χ0) is 15.6. The molecule has 0 saturated carbocycles. The number of hydrogen-bond donors (Lipinski definition) is 1. The van der Waals surface area contributed by atoms with E-state index in [2.05, 4.69) is 5.10 Å². The SMILES string of the molecule is CCCC1(C(=O)O)CCN(C(=O)c2cc(C)nn2C)CC1. The predicted molar refractivity (Wildman–Crippen MR) is 78.1 cm³/mol. The number of piperidine rings is 1. The molecule has 0 unspecified atom stereocenters. The van der Waals surface area contributed by atoms with Crippen molar-refractivity contribution in [3.8, 4) is 0 Å². The van der Waals surface area contributed by atoms with Crippen LogP contribution in [0.15, 0.2) is 6.07 Å². The maximum Gasteiger partial charge on any atom is 0.309 e. The van der Waals surface area contributed by atoms with Crippen LogP contribution >= 0.6 is 0 Å². The van der Waals surface area contributed by atoms with Crippen LogP contribution in [0, 0.1) is 12.3 Å². The summed E-state index contributed by atoms with van der Waals surface area (Å²) < 4.78 is 1.59. The Morgan fingerprint density at radius 2 is 2.00 bits per heavy atom. The maximum atomic E-state index is 12.5. The first-order chi connectivity index (χ1) is 9.89. The summed E-state index contributed by atoms with van der Waals surface area (Å²) in [4.78, 5) is 25.8. The minimum atomic E-state index is -0.729. The number of likely N-dealkylation sites (tertiary alicyclic amines) is 1. The lowest BCUT2D eigenvalue weighted by Crippen LogP contribution is -2.46. The second-order valence-electron chi connectivity index (χ2n) is 5.92. The number of carboxylic acids is 1. The van der Waals surface area contributed by atoms with E-state index in [1.807, 2.05) is 13.8 Å². The van der Waals surface area contributed by atoms with Gasteiger partial charge in [-0.2, -0.15) is 5.10 Å². The summed E-state index contributed by atoms with van der Waals surface area (Å²) in [6.07, 6.45) is 2.58. The number of hydrogen-bond acceptors (Lipinski definition) is 3. The van der Waals surface area contributed by atoms with Crippen LogP contribution in [0.25, 0.3) is 0 Å². The van der Waals surface area contributed by atoms with Crippen molar-refractivity contribution in [2.75, 3.05) is 13.1 Å². The molecule has 2 rings (SSSR count). The van der Waals surface area contributed by atoms with Crippen LogP contribution in [-0.4, -0.2) is 44.8 Å². The molecule has 0 spiro atoms. The van der Waals surface area contributed by atoms with Gasteiger partial charge in [-0.1, -0.05) is 13.3 Å². The van der Waals surface area contributed by atoms with E-state index < -0.39 is 11.4 Å². The van der Waals surface area contributed by atoms with Gasteiger partial charge in [0.25, 0.3) is 5.91 Å². The molecule has 1 aliphatic rings. The second-order valence-corrected chi connectivity index (χ2v) is 5.92. The van der Waals surface area contributed by atoms with Gasteiger partial charge in [-0.15, -0.1) is 0 Å². The average molecular weight is 293 g/mol. The molecule has 1 amide bonds. The molecule has 0 aromatic carbocycles. The fourth-order valence-corrected chi connectivity index (χ4v) is 3.16. The van der Waals surface area contributed by atoms with Crippen molar-refractivity contribution in [1.29, 1.82) is 0 Å². The quantitative estimate of drug-likeness (QED) is 0.919. The average Bonchev–Trinajstić information content (AvgIpc) is 2.78. The molecule has 1 aromatic heterocycles. The van der Waals surface area contributed by atoms with Gasteiger partial charge >= 0.3 is 5.97 Å². The van der Waals surface area contributed by atoms with Crippen LogP contribution in [-0.2, 0) is 11.8 Å². The molecule has 1 saturated heterocycles. The van der Waals surface area contributed by atoms with E-state index in [1.54, 1.807) is 22.7 Å². The van der Waals surface area contributed by atoms with Gasteiger partial charge in [-0.05, 0) is 32.3 Å². The molecular formula is C15H23N3O3. The summed E-state index contributed by atoms with van der Waals surface area (Å²) in [6, 6.07) is 1.77. The predicted octanol–water partition coefficient (Wildman–Crippen LogP) is 1.84. The number of amides is 1. The van der Waals surface area contributed by atoms with Gasteiger partial charge in [0.2, 0.25) is 0 Å². The third kappa shape index (κ3) is 2.94. The highest BCUT2D eigenvalue weighted by molar-refractivity contribution is 5.93. The van der Waals surface area contributed by atoms with E-state index in [9.17, 15) is 14.7 Å². The Balaban J connectivity index is 2.08. The number of carbonyl (C=O) groups excluding carboxylic acids is 1. The molecule has 0 radical (unpaired) electrons. The Bertz CT molecular complexity index is 542. The number of aryl methyl sites for hydroxylation is 2. The van der Waals surface area contributed by atoms with E-state index in [0.29, 0.717) is 38.0 Å². The third-order valence-corrected chi connectivity index (χ3v) is 4.41. The standard InChI is InChI=1S/C15H23N3O3/c1-4-5-15(14(20)21)6-8-18(9-7-15)13(19)12-10-11(2)16-17(12)3/h10H,4-9H2,1-3H3,(H,20,21). The highest BCUT2D eigenvalue weighted by atomic mass is 16.4. The normalized spacial score (nSPS) is 17.8. The number of aliphatic carboxylic acids is 1. The van der Waals surface area contributed by atoms with Gasteiger partial charge < -0.3 is 10.0 Å². The maximum absolute atomic E-state index is 12.5. The molecule has 6 nitrogen and oxygen atoms in total. The van der Waals surface area contributed by atoms with Crippen molar-refractivity contribution < 1.29 is 14.7 Å². The zero-order valence-electron chi connectivity index (χ0n) is 12.9. The summed E-state index contributed by atoms with van der Waals surface area (Å²) in [5.41, 5.74) is 0.711. The summed E-state index contributed by atoms with van der Waals surface area (Å²) in [6.45, 7) is 4.84. The number of carboxylic acid groups (broad SMARTS) is 1. The Labute approximate surface area is 124 Å². The first-order valence-corrected chi connectivity index (χ1v) is 7.43. The monoisotopic (exact) mass is 293 g/mol. The van der Waals surface area contributed by atoms with Gasteiger partial charge in [-0.25, -0.2) is 0 Å². The Kier molecular flexibility index (Phi) is 4.34. The highest BCUT2D eigenvalue weighted by Gasteiger charge is 2.41. The van der Waals surface area contributed by atoms with E-state index >= 15 is 0 Å². The lowest BCUT2D eigenvalue weighted by Gasteiger charge is -2.38. The molecule has 0 atom stereocenters. The fraction of sp³-hybridized carbons (Fsp3) is 0.667. The summed E-state index contributed by atoms with van der Waals surface area (Å²) in [5, 5.41) is 13.7. The number of nitrogens with zero attached hydrogens (tertiary/aromatic N) is 3. The van der Waals surface area contributed by atoms with Gasteiger partial charge in [0, 0.05) is 20.1 Å². The first-order valence-electron chi connectivity index (χ1n) is 7.43. The molecule has 0 aliphatic carbocycles. The second kappa shape index (κ2) is 5.87. The summed E-state index contributed by atoms with van der Waals surface area (Å²) in [5.74, 6) is -0.790. The molecule has 21 heavy (non-hydrogen) atoms. The van der Waals surface area contributed by atoms with Crippen LogP contribution in [0.2, 0.25) is 0 Å². The minimum Gasteiger partial charge on any atom is -0.481 e. The van der Waals surface area contributed by atoms with Gasteiger partial charge in [-0.3, -0.25) is 14.3 Å². The fourth-order valence-electron chi connectivity index (χ4n) is 3.16. The molecule has 6 heteroatoms. The lowest BCUT2D eigenvalue weighted by molar-refractivity contribution is -0.152. The van der Waals surface area contributed by atoms with Crippen LogP contribution in [0.3, 0.4) is 0 Å². The van der Waals surface area contributed by atoms with Crippen molar-refractivity contribution in [2.45, 2.75) is 39.5 Å². The van der Waals surface area contributed by atoms with Crippen LogP contribution in [0.5, 0.6) is 0 Å². The Hall–Kier alpha value is -1.85. The van der Waals surface area contributed by atoms with Crippen LogP contribution in [0.1, 0.15) is 48.8 Å². The summed E-state index contributed by atoms with van der Waals surface area (Å²) >= 11 is 0. The molecule has 1 aliphatic heterocycles. The van der Waals surface area contributed by atoms with Gasteiger partial charge in [0.1, 0.15) is 5.69 Å². The van der Waals surface area contributed by atoms with Crippen molar-refractivity contribution in [3.05, 3.63) is 17.5 Å². The molecule has 116 valence electrons. The molecule has 2 heterocycles. The molecule has 1 N–H and O–H groups in total. The molecule has 0 bridgehead atoms. The number of aromatic nitrogens is 2. The van der Waals surface area contributed by atoms with Crippen LogP contribution < -0.4 is 0 Å². The largest absolute Gasteiger partial charge is 0.481 e. The molecule has 1 aromatic rings. The van der Waals surface area contributed by atoms with E-state index in [4.69, 9.17) is 0 Å².